The topological polar surface area (TPSA) is 46.2 Å². The molecule has 1 rings (SSSR count). The maximum Gasteiger partial charge on any atom is 0.152 e. The molecule has 0 saturated carbocycles. The lowest BCUT2D eigenvalue weighted by Crippen LogP contribution is -2.29. The molecule has 3 nitrogen and oxygen atoms in total. The number of sulfone groups is 1. The Labute approximate surface area is 127 Å². The molecule has 0 aliphatic carbocycles. The zero-order valence-corrected chi connectivity index (χ0v) is 14.1. The molecule has 1 aromatic carbocycles. The Balaban J connectivity index is 2.80. The predicted molar refractivity (Wildman–Crippen MR) is 85.8 cm³/mol. The fourth-order valence-electron chi connectivity index (χ4n) is 2.04. The van der Waals surface area contributed by atoms with Crippen LogP contribution in [-0.2, 0) is 9.84 Å². The lowest BCUT2D eigenvalue weighted by atomic mass is 9.96. The van der Waals surface area contributed by atoms with E-state index in [1.807, 2.05) is 13.8 Å². The highest BCUT2D eigenvalue weighted by Gasteiger charge is 2.20. The van der Waals surface area contributed by atoms with Gasteiger partial charge in [-0.05, 0) is 43.9 Å². The van der Waals surface area contributed by atoms with Crippen LogP contribution in [0.15, 0.2) is 24.3 Å². The van der Waals surface area contributed by atoms with Crippen molar-refractivity contribution in [1.82, 2.24) is 5.32 Å². The van der Waals surface area contributed by atoms with Crippen molar-refractivity contribution in [3.05, 3.63) is 35.6 Å². The van der Waals surface area contributed by atoms with Crippen molar-refractivity contribution in [1.29, 1.82) is 0 Å². The Bertz CT molecular complexity index is 524. The Hall–Kier alpha value is -0.940. The van der Waals surface area contributed by atoms with Gasteiger partial charge in [-0.3, -0.25) is 0 Å². The molecule has 0 bridgehead atoms. The first-order chi connectivity index (χ1) is 9.72. The van der Waals surface area contributed by atoms with Gasteiger partial charge in [0.2, 0.25) is 0 Å². The van der Waals surface area contributed by atoms with Crippen molar-refractivity contribution in [2.75, 3.05) is 12.3 Å². The highest BCUT2D eigenvalue weighted by atomic mass is 32.2. The van der Waals surface area contributed by atoms with Crippen molar-refractivity contribution >= 4 is 9.84 Å². The molecule has 0 aliphatic rings. The zero-order valence-electron chi connectivity index (χ0n) is 13.3. The van der Waals surface area contributed by atoms with E-state index in [1.165, 1.54) is 12.1 Å². The summed E-state index contributed by atoms with van der Waals surface area (Å²) >= 11 is 0. The first-order valence-electron chi connectivity index (χ1n) is 7.42. The van der Waals surface area contributed by atoms with Gasteiger partial charge in [0.05, 0.1) is 11.0 Å². The fraction of sp³-hybridized carbons (Fsp3) is 0.625. The minimum Gasteiger partial charge on any atom is -0.314 e. The molecular weight excluding hydrogens is 289 g/mol. The molecule has 0 radical (unpaired) electrons. The second-order valence-corrected chi connectivity index (χ2v) is 8.69. The van der Waals surface area contributed by atoms with Crippen LogP contribution in [0.4, 0.5) is 4.39 Å². The van der Waals surface area contributed by atoms with E-state index in [0.29, 0.717) is 19.0 Å². The maximum atomic E-state index is 13.0. The molecule has 0 aromatic heterocycles. The smallest absolute Gasteiger partial charge is 0.152 e. The van der Waals surface area contributed by atoms with Crippen LogP contribution in [0, 0.1) is 5.82 Å². The van der Waals surface area contributed by atoms with Crippen LogP contribution in [0.25, 0.3) is 0 Å². The number of benzene rings is 1. The predicted octanol–water partition coefficient (Wildman–Crippen LogP) is 3.12. The lowest BCUT2D eigenvalue weighted by Gasteiger charge is -2.20. The normalized spacial score (nSPS) is 13.9. The molecular formula is C16H26FNO2S. The average Bonchev–Trinajstić information content (AvgIpc) is 2.39. The summed E-state index contributed by atoms with van der Waals surface area (Å²) in [7, 11) is -3.05. The van der Waals surface area contributed by atoms with Crippen LogP contribution in [-0.4, -0.2) is 32.0 Å². The first-order valence-corrected chi connectivity index (χ1v) is 9.14. The van der Waals surface area contributed by atoms with Gasteiger partial charge in [0.1, 0.15) is 5.82 Å². The lowest BCUT2D eigenvalue weighted by molar-refractivity contribution is 0.515. The van der Waals surface area contributed by atoms with Gasteiger partial charge in [-0.15, -0.1) is 0 Å². The maximum absolute atomic E-state index is 13.0. The van der Waals surface area contributed by atoms with Crippen molar-refractivity contribution in [2.45, 2.75) is 51.3 Å². The highest BCUT2D eigenvalue weighted by Crippen LogP contribution is 2.21. The Morgan fingerprint density at radius 2 is 1.67 bits per heavy atom. The monoisotopic (exact) mass is 315 g/mol. The molecule has 0 amide bonds. The van der Waals surface area contributed by atoms with Gasteiger partial charge in [-0.2, -0.15) is 0 Å². The Morgan fingerprint density at radius 3 is 2.14 bits per heavy atom. The second kappa shape index (κ2) is 7.90. The Morgan fingerprint density at radius 1 is 1.10 bits per heavy atom. The molecule has 0 spiro atoms. The van der Waals surface area contributed by atoms with Gasteiger partial charge < -0.3 is 5.32 Å². The van der Waals surface area contributed by atoms with Crippen molar-refractivity contribution in [3.63, 3.8) is 0 Å². The van der Waals surface area contributed by atoms with Crippen LogP contribution < -0.4 is 5.32 Å². The van der Waals surface area contributed by atoms with E-state index in [0.717, 1.165) is 5.56 Å². The Kier molecular flexibility index (Phi) is 6.81. The third kappa shape index (κ3) is 6.14. The summed E-state index contributed by atoms with van der Waals surface area (Å²) in [5, 5.41) is 2.98. The summed E-state index contributed by atoms with van der Waals surface area (Å²) < 4.78 is 37.0. The van der Waals surface area contributed by atoms with Gasteiger partial charge >= 0.3 is 0 Å². The van der Waals surface area contributed by atoms with Crippen LogP contribution in [0.3, 0.4) is 0 Å². The highest BCUT2D eigenvalue weighted by molar-refractivity contribution is 7.91. The molecule has 120 valence electrons. The second-order valence-electron chi connectivity index (χ2n) is 6.02. The van der Waals surface area contributed by atoms with Gasteiger partial charge in [0.15, 0.2) is 9.84 Å². The minimum absolute atomic E-state index is 0.0709. The van der Waals surface area contributed by atoms with Gasteiger partial charge in [0, 0.05) is 12.6 Å². The summed E-state index contributed by atoms with van der Waals surface area (Å²) in [6, 6.07) is 6.66. The summed E-state index contributed by atoms with van der Waals surface area (Å²) in [4.78, 5) is 0. The summed E-state index contributed by atoms with van der Waals surface area (Å²) in [5.74, 6) is -0.0439. The van der Waals surface area contributed by atoms with Crippen molar-refractivity contribution < 1.29 is 12.8 Å². The molecule has 1 atom stereocenters. The van der Waals surface area contributed by atoms with Crippen molar-refractivity contribution in [2.24, 2.45) is 0 Å². The first kappa shape index (κ1) is 18.1. The van der Waals surface area contributed by atoms with Crippen LogP contribution in [0.2, 0.25) is 0 Å². The summed E-state index contributed by atoms with van der Waals surface area (Å²) in [6.07, 6.45) is 0.547. The van der Waals surface area contributed by atoms with Crippen LogP contribution in [0.5, 0.6) is 0 Å². The zero-order chi connectivity index (χ0) is 16.0. The molecule has 21 heavy (non-hydrogen) atoms. The molecule has 0 fully saturated rings. The van der Waals surface area contributed by atoms with Crippen LogP contribution >= 0.6 is 0 Å². The van der Waals surface area contributed by atoms with E-state index in [2.05, 4.69) is 5.32 Å². The number of halogens is 1. The quantitative estimate of drug-likeness (QED) is 0.802. The van der Waals surface area contributed by atoms with E-state index in [9.17, 15) is 12.8 Å². The number of hydrogen-bond acceptors (Lipinski definition) is 3. The number of hydrogen-bond donors (Lipinski definition) is 1. The fourth-order valence-corrected chi connectivity index (χ4v) is 3.13. The average molecular weight is 315 g/mol. The van der Waals surface area contributed by atoms with E-state index in [-0.39, 0.29) is 22.7 Å². The molecule has 0 aliphatic heterocycles. The van der Waals surface area contributed by atoms with E-state index < -0.39 is 9.84 Å². The largest absolute Gasteiger partial charge is 0.314 e. The third-order valence-electron chi connectivity index (χ3n) is 3.58. The van der Waals surface area contributed by atoms with Crippen LogP contribution in [0.1, 0.15) is 45.6 Å². The van der Waals surface area contributed by atoms with E-state index in [4.69, 9.17) is 0 Å². The third-order valence-corrected chi connectivity index (χ3v) is 5.82. The van der Waals surface area contributed by atoms with E-state index >= 15 is 0 Å². The van der Waals surface area contributed by atoms with E-state index in [1.54, 1.807) is 26.0 Å². The molecule has 0 saturated heterocycles. The van der Waals surface area contributed by atoms with Gasteiger partial charge in [0.25, 0.3) is 0 Å². The summed E-state index contributed by atoms with van der Waals surface area (Å²) in [5.41, 5.74) is 0.975. The number of rotatable bonds is 8. The molecule has 5 heteroatoms. The summed E-state index contributed by atoms with van der Waals surface area (Å²) in [6.45, 7) is 8.19. The standard InChI is InChI=1S/C16H26FNO2S/c1-12(2)18-11-15(9-10-21(19,20)13(3)4)14-5-7-16(17)8-6-14/h5-8,12-13,15,18H,9-11H2,1-4H3. The number of nitrogens with one attached hydrogen (secondary N) is 1. The molecule has 1 unspecified atom stereocenters. The van der Waals surface area contributed by atoms with Gasteiger partial charge in [-0.1, -0.05) is 26.0 Å². The molecule has 0 heterocycles. The molecule has 1 N–H and O–H groups in total. The molecule has 1 aromatic rings. The SMILES string of the molecule is CC(C)NCC(CCS(=O)(=O)C(C)C)c1ccc(F)cc1. The van der Waals surface area contributed by atoms with Crippen molar-refractivity contribution in [3.8, 4) is 0 Å². The minimum atomic E-state index is -3.05. The van der Waals surface area contributed by atoms with Gasteiger partial charge in [-0.25, -0.2) is 12.8 Å².